The van der Waals surface area contributed by atoms with E-state index >= 15 is 0 Å². The lowest BCUT2D eigenvalue weighted by molar-refractivity contribution is -0.141. The molecule has 0 spiro atoms. The van der Waals surface area contributed by atoms with Crippen LogP contribution in [-0.4, -0.2) is 10.9 Å². The number of para-hydroxylation sites is 1. The number of carbonyl (C=O) groups is 1. The maximum absolute atomic E-state index is 13.1. The smallest absolute Gasteiger partial charge is 0.321 e. The number of aryl methyl sites for hydroxylation is 2. The van der Waals surface area contributed by atoms with E-state index in [0.29, 0.717) is 27.6 Å². The second-order valence-corrected chi connectivity index (χ2v) is 7.48. The van der Waals surface area contributed by atoms with Crippen molar-refractivity contribution in [2.75, 3.05) is 5.32 Å². The molecule has 140 valence electrons. The minimum atomic E-state index is -4.69. The number of nitrogens with zero attached hydrogens (tertiary/aromatic N) is 1. The van der Waals surface area contributed by atoms with Crippen molar-refractivity contribution >= 4 is 34.5 Å². The molecule has 1 heterocycles. The molecule has 3 nitrogen and oxygen atoms in total. The molecule has 0 unspecified atom stereocenters. The Bertz CT molecular complexity index is 1010. The van der Waals surface area contributed by atoms with Gasteiger partial charge >= 0.3 is 6.18 Å². The van der Waals surface area contributed by atoms with Gasteiger partial charge in [0.15, 0.2) is 5.69 Å². The van der Waals surface area contributed by atoms with Crippen molar-refractivity contribution in [2.45, 2.75) is 20.0 Å². The summed E-state index contributed by atoms with van der Waals surface area (Å²) >= 11 is 6.88. The van der Waals surface area contributed by atoms with Crippen LogP contribution in [-0.2, 0) is 6.18 Å². The Labute approximate surface area is 162 Å². The number of hydrogen-bond donors (Lipinski definition) is 1. The molecule has 0 aliphatic heterocycles. The van der Waals surface area contributed by atoms with Crippen LogP contribution in [0.1, 0.15) is 25.9 Å². The molecule has 0 aliphatic rings. The average molecular weight is 411 g/mol. The maximum Gasteiger partial charge on any atom is 0.435 e. The number of nitrogens with one attached hydrogen (secondary N) is 1. The summed E-state index contributed by atoms with van der Waals surface area (Å²) in [6.07, 6.45) is -4.69. The van der Waals surface area contributed by atoms with Crippen molar-refractivity contribution in [3.8, 4) is 11.1 Å². The van der Waals surface area contributed by atoms with Crippen LogP contribution in [0.15, 0.2) is 42.5 Å². The van der Waals surface area contributed by atoms with Crippen molar-refractivity contribution < 1.29 is 18.0 Å². The first kappa shape index (κ1) is 19.4. The lowest BCUT2D eigenvalue weighted by Gasteiger charge is -2.12. The van der Waals surface area contributed by atoms with E-state index < -0.39 is 22.7 Å². The molecule has 3 aromatic rings. The Kier molecular flexibility index (Phi) is 5.26. The highest BCUT2D eigenvalue weighted by Crippen LogP contribution is 2.36. The third-order valence-electron chi connectivity index (χ3n) is 3.87. The van der Waals surface area contributed by atoms with E-state index in [0.717, 1.165) is 11.1 Å². The lowest BCUT2D eigenvalue weighted by Crippen LogP contribution is -2.17. The third-order valence-corrected chi connectivity index (χ3v) is 5.24. The standard InChI is InChI=1S/C19H14ClF3N2OS/c1-10-7-8-12(9-14(10)20)13-5-3-4-6-15(13)25-18(26)16-17(19(21,22)23)24-11(2)27-16/h3-9H,1-2H3,(H,25,26). The van der Waals surface area contributed by atoms with Gasteiger partial charge < -0.3 is 5.32 Å². The van der Waals surface area contributed by atoms with Gasteiger partial charge in [-0.15, -0.1) is 11.3 Å². The monoisotopic (exact) mass is 410 g/mol. The first-order valence-electron chi connectivity index (χ1n) is 7.88. The van der Waals surface area contributed by atoms with Crippen LogP contribution in [0.5, 0.6) is 0 Å². The van der Waals surface area contributed by atoms with Gasteiger partial charge in [0.25, 0.3) is 5.91 Å². The van der Waals surface area contributed by atoms with E-state index in [1.807, 2.05) is 19.1 Å². The van der Waals surface area contributed by atoms with Gasteiger partial charge in [-0.2, -0.15) is 13.2 Å². The van der Waals surface area contributed by atoms with E-state index in [1.54, 1.807) is 30.3 Å². The molecule has 0 aliphatic carbocycles. The summed E-state index contributed by atoms with van der Waals surface area (Å²) in [6.45, 7) is 3.30. The van der Waals surface area contributed by atoms with Crippen molar-refractivity contribution in [1.29, 1.82) is 0 Å². The highest BCUT2D eigenvalue weighted by atomic mass is 35.5. The van der Waals surface area contributed by atoms with Crippen LogP contribution in [0.3, 0.4) is 0 Å². The number of amides is 1. The summed E-state index contributed by atoms with van der Waals surface area (Å²) in [4.78, 5) is 15.5. The fraction of sp³-hybridized carbons (Fsp3) is 0.158. The molecule has 0 saturated carbocycles. The van der Waals surface area contributed by atoms with E-state index in [9.17, 15) is 18.0 Å². The summed E-state index contributed by atoms with van der Waals surface area (Å²) in [7, 11) is 0. The molecule has 3 rings (SSSR count). The highest BCUT2D eigenvalue weighted by Gasteiger charge is 2.39. The van der Waals surface area contributed by atoms with Crippen LogP contribution in [0.25, 0.3) is 11.1 Å². The van der Waals surface area contributed by atoms with Crippen LogP contribution >= 0.6 is 22.9 Å². The highest BCUT2D eigenvalue weighted by molar-refractivity contribution is 7.13. The number of rotatable bonds is 3. The van der Waals surface area contributed by atoms with Gasteiger partial charge in [-0.3, -0.25) is 4.79 Å². The Morgan fingerprint density at radius 2 is 1.85 bits per heavy atom. The van der Waals surface area contributed by atoms with Crippen molar-refractivity contribution in [2.24, 2.45) is 0 Å². The van der Waals surface area contributed by atoms with Gasteiger partial charge in [-0.05, 0) is 37.1 Å². The van der Waals surface area contributed by atoms with Gasteiger partial charge in [-0.1, -0.05) is 41.9 Å². The van der Waals surface area contributed by atoms with E-state index in [1.165, 1.54) is 6.92 Å². The molecule has 0 radical (unpaired) electrons. The molecule has 0 bridgehead atoms. The van der Waals surface area contributed by atoms with Gasteiger partial charge in [-0.25, -0.2) is 4.98 Å². The Morgan fingerprint density at radius 1 is 1.15 bits per heavy atom. The number of alkyl halides is 3. The number of benzene rings is 2. The zero-order valence-electron chi connectivity index (χ0n) is 14.3. The predicted molar refractivity (Wildman–Crippen MR) is 101 cm³/mol. The largest absolute Gasteiger partial charge is 0.435 e. The number of carbonyl (C=O) groups excluding carboxylic acids is 1. The summed E-state index contributed by atoms with van der Waals surface area (Å²) in [5.74, 6) is -0.849. The Hall–Kier alpha value is -2.38. The summed E-state index contributed by atoms with van der Waals surface area (Å²) in [6, 6.07) is 12.3. The molecule has 27 heavy (non-hydrogen) atoms. The van der Waals surface area contributed by atoms with Crippen molar-refractivity contribution in [3.63, 3.8) is 0 Å². The molecule has 0 atom stereocenters. The molecule has 1 amide bonds. The van der Waals surface area contributed by atoms with Gasteiger partial charge in [0.1, 0.15) is 4.88 Å². The third kappa shape index (κ3) is 4.14. The van der Waals surface area contributed by atoms with E-state index in [-0.39, 0.29) is 5.01 Å². The average Bonchev–Trinajstić information content (AvgIpc) is 3.00. The summed E-state index contributed by atoms with van der Waals surface area (Å²) < 4.78 is 39.4. The van der Waals surface area contributed by atoms with E-state index in [2.05, 4.69) is 10.3 Å². The second kappa shape index (κ2) is 7.32. The number of thiazole rings is 1. The number of aromatic nitrogens is 1. The normalized spacial score (nSPS) is 11.5. The topological polar surface area (TPSA) is 42.0 Å². The molecule has 1 N–H and O–H groups in total. The lowest BCUT2D eigenvalue weighted by atomic mass is 10.0. The van der Waals surface area contributed by atoms with Gasteiger partial charge in [0.05, 0.1) is 5.01 Å². The maximum atomic E-state index is 13.1. The summed E-state index contributed by atoms with van der Waals surface area (Å²) in [5, 5.41) is 3.31. The molecule has 0 saturated heterocycles. The van der Waals surface area contributed by atoms with Crippen molar-refractivity contribution in [3.05, 3.63) is 68.6 Å². The fourth-order valence-electron chi connectivity index (χ4n) is 2.56. The molecule has 2 aromatic carbocycles. The summed E-state index contributed by atoms with van der Waals surface area (Å²) in [5.41, 5.74) is 1.53. The zero-order chi connectivity index (χ0) is 19.8. The predicted octanol–water partition coefficient (Wildman–Crippen LogP) is 6.35. The Morgan fingerprint density at radius 3 is 2.52 bits per heavy atom. The molecule has 8 heteroatoms. The first-order chi connectivity index (χ1) is 12.7. The number of anilines is 1. The quantitative estimate of drug-likeness (QED) is 0.546. The molecular weight excluding hydrogens is 397 g/mol. The minimum absolute atomic E-state index is 0.172. The molecular formula is C19H14ClF3N2OS. The van der Waals surface area contributed by atoms with Crippen LogP contribution in [0.4, 0.5) is 18.9 Å². The van der Waals surface area contributed by atoms with Crippen LogP contribution < -0.4 is 5.32 Å². The molecule has 1 aromatic heterocycles. The molecule has 0 fully saturated rings. The van der Waals surface area contributed by atoms with Gasteiger partial charge in [0, 0.05) is 16.3 Å². The minimum Gasteiger partial charge on any atom is -0.321 e. The fourth-order valence-corrected chi connectivity index (χ4v) is 3.57. The number of hydrogen-bond acceptors (Lipinski definition) is 3. The van der Waals surface area contributed by atoms with Gasteiger partial charge in [0.2, 0.25) is 0 Å². The second-order valence-electron chi connectivity index (χ2n) is 5.87. The number of halogens is 4. The SMILES string of the molecule is Cc1nc(C(F)(F)F)c(C(=O)Nc2ccccc2-c2ccc(C)c(Cl)c2)s1. The van der Waals surface area contributed by atoms with Crippen LogP contribution in [0.2, 0.25) is 5.02 Å². The first-order valence-corrected chi connectivity index (χ1v) is 9.08. The van der Waals surface area contributed by atoms with E-state index in [4.69, 9.17) is 11.6 Å². The van der Waals surface area contributed by atoms with Crippen LogP contribution in [0, 0.1) is 13.8 Å². The van der Waals surface area contributed by atoms with Crippen molar-refractivity contribution in [1.82, 2.24) is 4.98 Å². The Balaban J connectivity index is 1.98. The zero-order valence-corrected chi connectivity index (χ0v) is 15.9.